The molecule has 2 rings (SSSR count). The molecule has 19 heavy (non-hydrogen) atoms. The molecular formula is C15H19BrClNO. The number of alkyl halides is 1. The molecule has 0 radical (unpaired) electrons. The Morgan fingerprint density at radius 3 is 2.68 bits per heavy atom. The highest BCUT2D eigenvalue weighted by Crippen LogP contribution is 2.24. The summed E-state index contributed by atoms with van der Waals surface area (Å²) in [6.45, 7) is 0.760. The van der Waals surface area contributed by atoms with Gasteiger partial charge in [-0.3, -0.25) is 4.79 Å². The predicted molar refractivity (Wildman–Crippen MR) is 83.2 cm³/mol. The second-order valence-corrected chi connectivity index (χ2v) is 6.22. The molecule has 1 amide bonds. The van der Waals surface area contributed by atoms with Gasteiger partial charge in [-0.2, -0.15) is 0 Å². The van der Waals surface area contributed by atoms with Crippen molar-refractivity contribution in [3.63, 3.8) is 0 Å². The molecule has 0 saturated heterocycles. The maximum Gasteiger partial charge on any atom is 0.254 e. The van der Waals surface area contributed by atoms with Crippen LogP contribution in [0, 0.1) is 0 Å². The fourth-order valence-electron chi connectivity index (χ4n) is 2.72. The van der Waals surface area contributed by atoms with Crippen LogP contribution in [0.15, 0.2) is 24.3 Å². The van der Waals surface area contributed by atoms with Crippen molar-refractivity contribution >= 4 is 33.4 Å². The van der Waals surface area contributed by atoms with Crippen LogP contribution < -0.4 is 0 Å². The lowest BCUT2D eigenvalue weighted by atomic mass is 9.93. The molecule has 1 aliphatic carbocycles. The molecule has 0 bridgehead atoms. The second-order valence-electron chi connectivity index (χ2n) is 4.99. The Kier molecular flexibility index (Phi) is 5.71. The Hall–Kier alpha value is -0.540. The van der Waals surface area contributed by atoms with Crippen LogP contribution in [0.3, 0.4) is 0 Å². The zero-order valence-corrected chi connectivity index (χ0v) is 13.3. The molecule has 0 unspecified atom stereocenters. The number of hydrogen-bond acceptors (Lipinski definition) is 1. The molecule has 1 aliphatic rings. The zero-order chi connectivity index (χ0) is 13.7. The van der Waals surface area contributed by atoms with Gasteiger partial charge in [0.1, 0.15) is 0 Å². The van der Waals surface area contributed by atoms with Crippen molar-refractivity contribution in [1.82, 2.24) is 4.90 Å². The Labute approximate surface area is 128 Å². The third kappa shape index (κ3) is 3.96. The zero-order valence-electron chi connectivity index (χ0n) is 10.9. The third-order valence-corrected chi connectivity index (χ3v) is 4.26. The largest absolute Gasteiger partial charge is 0.335 e. The van der Waals surface area contributed by atoms with E-state index in [4.69, 9.17) is 11.6 Å². The highest BCUT2D eigenvalue weighted by atomic mass is 79.9. The first-order valence-electron chi connectivity index (χ1n) is 6.85. The molecule has 0 aliphatic heterocycles. The third-order valence-electron chi connectivity index (χ3n) is 3.67. The standard InChI is InChI=1S/C15H19BrClNO/c16-9-10-18(14-7-2-1-3-8-14)15(19)12-5-4-6-13(17)11-12/h4-6,11,14H,1-3,7-10H2. The Balaban J connectivity index is 2.15. The van der Waals surface area contributed by atoms with Crippen LogP contribution in [0.1, 0.15) is 42.5 Å². The minimum absolute atomic E-state index is 0.105. The van der Waals surface area contributed by atoms with Crippen LogP contribution in [0.4, 0.5) is 0 Å². The molecule has 1 fully saturated rings. The fraction of sp³-hybridized carbons (Fsp3) is 0.533. The van der Waals surface area contributed by atoms with Crippen LogP contribution in [0.25, 0.3) is 0 Å². The lowest BCUT2D eigenvalue weighted by Gasteiger charge is -2.34. The summed E-state index contributed by atoms with van der Waals surface area (Å²) in [4.78, 5) is 14.6. The maximum atomic E-state index is 12.6. The van der Waals surface area contributed by atoms with Gasteiger partial charge < -0.3 is 4.90 Å². The summed E-state index contributed by atoms with van der Waals surface area (Å²) < 4.78 is 0. The number of amides is 1. The Morgan fingerprint density at radius 2 is 2.05 bits per heavy atom. The highest BCUT2D eigenvalue weighted by molar-refractivity contribution is 9.09. The van der Waals surface area contributed by atoms with E-state index in [-0.39, 0.29) is 5.91 Å². The van der Waals surface area contributed by atoms with Gasteiger partial charge in [0.25, 0.3) is 5.91 Å². The lowest BCUT2D eigenvalue weighted by Crippen LogP contribution is -2.42. The van der Waals surface area contributed by atoms with E-state index in [1.807, 2.05) is 17.0 Å². The van der Waals surface area contributed by atoms with Crippen LogP contribution >= 0.6 is 27.5 Å². The quantitative estimate of drug-likeness (QED) is 0.736. The topological polar surface area (TPSA) is 20.3 Å². The number of carbonyl (C=O) groups is 1. The van der Waals surface area contributed by atoms with Crippen molar-refractivity contribution < 1.29 is 4.79 Å². The molecule has 0 spiro atoms. The number of rotatable bonds is 4. The summed E-state index contributed by atoms with van der Waals surface area (Å²) in [7, 11) is 0. The van der Waals surface area contributed by atoms with Crippen molar-refractivity contribution in [2.24, 2.45) is 0 Å². The van der Waals surface area contributed by atoms with Crippen molar-refractivity contribution in [3.05, 3.63) is 34.9 Å². The molecule has 0 N–H and O–H groups in total. The van der Waals surface area contributed by atoms with Gasteiger partial charge in [0.15, 0.2) is 0 Å². The minimum atomic E-state index is 0.105. The summed E-state index contributed by atoms with van der Waals surface area (Å²) in [5.74, 6) is 0.105. The molecule has 1 aromatic carbocycles. The van der Waals surface area contributed by atoms with Crippen molar-refractivity contribution in [2.45, 2.75) is 38.1 Å². The molecule has 1 aromatic rings. The van der Waals surface area contributed by atoms with E-state index < -0.39 is 0 Å². The molecule has 2 nitrogen and oxygen atoms in total. The summed E-state index contributed by atoms with van der Waals surface area (Å²) in [6, 6.07) is 7.63. The second kappa shape index (κ2) is 7.30. The molecule has 0 heterocycles. The predicted octanol–water partition coefficient (Wildman–Crippen LogP) is 4.51. The van der Waals surface area contributed by atoms with Gasteiger partial charge in [-0.05, 0) is 31.0 Å². The maximum absolute atomic E-state index is 12.6. The first kappa shape index (κ1) is 14.9. The fourth-order valence-corrected chi connectivity index (χ4v) is 3.29. The average molecular weight is 345 g/mol. The van der Waals surface area contributed by atoms with E-state index in [0.29, 0.717) is 16.6 Å². The summed E-state index contributed by atoms with van der Waals surface area (Å²) in [5, 5.41) is 1.43. The van der Waals surface area contributed by atoms with E-state index >= 15 is 0 Å². The molecular weight excluding hydrogens is 326 g/mol. The van der Waals surface area contributed by atoms with Gasteiger partial charge in [0.05, 0.1) is 0 Å². The first-order valence-corrected chi connectivity index (χ1v) is 8.35. The number of benzene rings is 1. The van der Waals surface area contributed by atoms with Gasteiger partial charge in [0.2, 0.25) is 0 Å². The van der Waals surface area contributed by atoms with Gasteiger partial charge in [-0.25, -0.2) is 0 Å². The molecule has 1 saturated carbocycles. The Bertz CT molecular complexity index is 432. The van der Waals surface area contributed by atoms with Gasteiger partial charge >= 0.3 is 0 Å². The van der Waals surface area contributed by atoms with Crippen molar-refractivity contribution in [3.8, 4) is 0 Å². The highest BCUT2D eigenvalue weighted by Gasteiger charge is 2.25. The SMILES string of the molecule is O=C(c1cccc(Cl)c1)N(CCBr)C1CCCCC1. The van der Waals surface area contributed by atoms with Crippen LogP contribution in [-0.2, 0) is 0 Å². The lowest BCUT2D eigenvalue weighted by molar-refractivity contribution is 0.0651. The van der Waals surface area contributed by atoms with Crippen LogP contribution in [-0.4, -0.2) is 28.7 Å². The summed E-state index contributed by atoms with van der Waals surface area (Å²) in [5.41, 5.74) is 0.694. The van der Waals surface area contributed by atoms with Gasteiger partial charge in [-0.1, -0.05) is 52.9 Å². The molecule has 0 atom stereocenters. The monoisotopic (exact) mass is 343 g/mol. The van der Waals surface area contributed by atoms with Crippen molar-refractivity contribution in [2.75, 3.05) is 11.9 Å². The average Bonchev–Trinajstić information content (AvgIpc) is 2.45. The number of carbonyl (C=O) groups excluding carboxylic acids is 1. The Morgan fingerprint density at radius 1 is 1.32 bits per heavy atom. The minimum Gasteiger partial charge on any atom is -0.335 e. The van der Waals surface area contributed by atoms with E-state index in [0.717, 1.165) is 24.7 Å². The van der Waals surface area contributed by atoms with Crippen molar-refractivity contribution in [1.29, 1.82) is 0 Å². The van der Waals surface area contributed by atoms with Crippen LogP contribution in [0.2, 0.25) is 5.02 Å². The first-order chi connectivity index (χ1) is 9.22. The van der Waals surface area contributed by atoms with Crippen LogP contribution in [0.5, 0.6) is 0 Å². The summed E-state index contributed by atoms with van der Waals surface area (Å²) in [6.07, 6.45) is 6.00. The number of hydrogen-bond donors (Lipinski definition) is 0. The van der Waals surface area contributed by atoms with E-state index in [9.17, 15) is 4.79 Å². The molecule has 104 valence electrons. The van der Waals surface area contributed by atoms with Gasteiger partial charge in [0, 0.05) is 28.5 Å². The van der Waals surface area contributed by atoms with Gasteiger partial charge in [-0.15, -0.1) is 0 Å². The van der Waals surface area contributed by atoms with E-state index in [2.05, 4.69) is 15.9 Å². The summed E-state index contributed by atoms with van der Waals surface area (Å²) >= 11 is 9.43. The normalized spacial score (nSPS) is 16.3. The number of halogens is 2. The van der Waals surface area contributed by atoms with E-state index in [1.165, 1.54) is 19.3 Å². The number of nitrogens with zero attached hydrogens (tertiary/aromatic N) is 1. The molecule has 4 heteroatoms. The smallest absolute Gasteiger partial charge is 0.254 e. The van der Waals surface area contributed by atoms with E-state index in [1.54, 1.807) is 12.1 Å². The molecule has 0 aromatic heterocycles.